The molecule has 1 aliphatic carbocycles. The number of carboxylic acid groups (broad SMARTS) is 1. The number of thioether (sulfide) groups is 1. The Bertz CT molecular complexity index is 369. The van der Waals surface area contributed by atoms with Gasteiger partial charge in [0.05, 0.1) is 5.01 Å². The lowest BCUT2D eigenvalue weighted by molar-refractivity contribution is 0.0698. The summed E-state index contributed by atoms with van der Waals surface area (Å²) in [6.45, 7) is 1.86. The van der Waals surface area contributed by atoms with Crippen molar-refractivity contribution in [2.75, 3.05) is 0 Å². The van der Waals surface area contributed by atoms with Crippen molar-refractivity contribution in [3.8, 4) is 0 Å². The van der Waals surface area contributed by atoms with E-state index in [2.05, 4.69) is 4.98 Å². The molecule has 2 rings (SSSR count). The molecular weight excluding hydrogens is 230 g/mol. The fraction of sp³-hybridized carbons (Fsp3) is 0.600. The molecule has 0 unspecified atom stereocenters. The van der Waals surface area contributed by atoms with Crippen molar-refractivity contribution in [2.45, 2.75) is 42.9 Å². The molecule has 0 atom stereocenters. The minimum atomic E-state index is -0.846. The summed E-state index contributed by atoms with van der Waals surface area (Å²) in [6.07, 6.45) is 4.92. The second-order valence-electron chi connectivity index (χ2n) is 3.70. The molecule has 0 aliphatic heterocycles. The van der Waals surface area contributed by atoms with Crippen molar-refractivity contribution >= 4 is 29.1 Å². The number of thiazole rings is 1. The van der Waals surface area contributed by atoms with Gasteiger partial charge in [-0.15, -0.1) is 23.1 Å². The Hall–Kier alpha value is -0.550. The van der Waals surface area contributed by atoms with Gasteiger partial charge in [-0.25, -0.2) is 9.78 Å². The number of carbonyl (C=O) groups is 1. The average molecular weight is 243 g/mol. The van der Waals surface area contributed by atoms with Gasteiger partial charge in [0.15, 0.2) is 0 Å². The number of hydrogen-bond acceptors (Lipinski definition) is 4. The summed E-state index contributed by atoms with van der Waals surface area (Å²) < 4.78 is 0. The Kier molecular flexibility index (Phi) is 3.31. The molecule has 1 N–H and O–H groups in total. The van der Waals surface area contributed by atoms with Gasteiger partial charge in [-0.2, -0.15) is 0 Å². The average Bonchev–Trinajstić information content (AvgIpc) is 2.75. The zero-order valence-corrected chi connectivity index (χ0v) is 10.2. The summed E-state index contributed by atoms with van der Waals surface area (Å²) in [6, 6.07) is 0. The van der Waals surface area contributed by atoms with Gasteiger partial charge in [0.1, 0.15) is 9.90 Å². The van der Waals surface area contributed by atoms with Crippen LogP contribution in [0.15, 0.2) is 5.03 Å². The predicted octanol–water partition coefficient (Wildman–Crippen LogP) is 3.18. The highest BCUT2D eigenvalue weighted by atomic mass is 32.2. The van der Waals surface area contributed by atoms with Crippen LogP contribution in [0.4, 0.5) is 0 Å². The summed E-state index contributed by atoms with van der Waals surface area (Å²) >= 11 is 2.92. The monoisotopic (exact) mass is 243 g/mol. The molecule has 0 spiro atoms. The molecule has 0 aromatic carbocycles. The minimum absolute atomic E-state index is 0.407. The first kappa shape index (κ1) is 11.0. The summed E-state index contributed by atoms with van der Waals surface area (Å²) in [7, 11) is 0. The fourth-order valence-electron chi connectivity index (χ4n) is 1.79. The van der Waals surface area contributed by atoms with Crippen LogP contribution in [0.5, 0.6) is 0 Å². The molecule has 15 heavy (non-hydrogen) atoms. The predicted molar refractivity (Wildman–Crippen MR) is 61.9 cm³/mol. The maximum absolute atomic E-state index is 11.0. The summed E-state index contributed by atoms with van der Waals surface area (Å²) in [4.78, 5) is 15.7. The first-order chi connectivity index (χ1) is 7.16. The molecule has 0 amide bonds. The van der Waals surface area contributed by atoms with Gasteiger partial charge < -0.3 is 5.11 Å². The van der Waals surface area contributed by atoms with Gasteiger partial charge in [-0.1, -0.05) is 12.8 Å². The number of hydrogen-bond donors (Lipinski definition) is 1. The van der Waals surface area contributed by atoms with E-state index in [1.807, 2.05) is 6.92 Å². The maximum atomic E-state index is 11.0. The van der Waals surface area contributed by atoms with Crippen LogP contribution < -0.4 is 0 Å². The standard InChI is InChI=1S/C10H13NO2S2/c1-6-11-9(8(14-6)10(12)13)15-7-4-2-3-5-7/h7H,2-5H2,1H3,(H,12,13). The van der Waals surface area contributed by atoms with Crippen molar-refractivity contribution in [3.05, 3.63) is 9.88 Å². The molecule has 1 aromatic heterocycles. The molecule has 1 saturated carbocycles. The zero-order valence-electron chi connectivity index (χ0n) is 8.52. The highest BCUT2D eigenvalue weighted by molar-refractivity contribution is 8.00. The van der Waals surface area contributed by atoms with Gasteiger partial charge >= 0.3 is 5.97 Å². The van der Waals surface area contributed by atoms with Crippen LogP contribution in [-0.4, -0.2) is 21.3 Å². The SMILES string of the molecule is Cc1nc(SC2CCCC2)c(C(=O)O)s1. The zero-order chi connectivity index (χ0) is 10.8. The van der Waals surface area contributed by atoms with E-state index in [9.17, 15) is 4.79 Å². The second kappa shape index (κ2) is 4.53. The largest absolute Gasteiger partial charge is 0.477 e. The summed E-state index contributed by atoms with van der Waals surface area (Å²) in [5.41, 5.74) is 0. The molecular formula is C10H13NO2S2. The number of carboxylic acids is 1. The van der Waals surface area contributed by atoms with E-state index >= 15 is 0 Å². The summed E-state index contributed by atoms with van der Waals surface area (Å²) in [5.74, 6) is -0.846. The first-order valence-electron chi connectivity index (χ1n) is 5.04. The lowest BCUT2D eigenvalue weighted by Gasteiger charge is -2.05. The molecule has 1 aromatic rings. The lowest BCUT2D eigenvalue weighted by atomic mass is 10.4. The molecule has 1 aliphatic rings. The maximum Gasteiger partial charge on any atom is 0.348 e. The summed E-state index contributed by atoms with van der Waals surface area (Å²) in [5, 5.41) is 11.1. The molecule has 3 nitrogen and oxygen atoms in total. The number of aromatic carboxylic acids is 1. The molecule has 82 valence electrons. The Morgan fingerprint density at radius 3 is 2.80 bits per heavy atom. The topological polar surface area (TPSA) is 50.2 Å². The normalized spacial score (nSPS) is 17.1. The van der Waals surface area contributed by atoms with E-state index in [0.717, 1.165) is 10.0 Å². The quantitative estimate of drug-likeness (QED) is 0.885. The van der Waals surface area contributed by atoms with Crippen molar-refractivity contribution in [3.63, 3.8) is 0 Å². The molecule has 5 heteroatoms. The highest BCUT2D eigenvalue weighted by Crippen LogP contribution is 2.37. The number of nitrogens with zero attached hydrogens (tertiary/aromatic N) is 1. The highest BCUT2D eigenvalue weighted by Gasteiger charge is 2.22. The molecule has 1 heterocycles. The van der Waals surface area contributed by atoms with Gasteiger partial charge in [0.25, 0.3) is 0 Å². The van der Waals surface area contributed by atoms with Crippen LogP contribution in [0.2, 0.25) is 0 Å². The van der Waals surface area contributed by atoms with E-state index < -0.39 is 5.97 Å². The number of aryl methyl sites for hydroxylation is 1. The van der Waals surface area contributed by atoms with Crippen molar-refractivity contribution in [1.82, 2.24) is 4.98 Å². The second-order valence-corrected chi connectivity index (χ2v) is 6.19. The van der Waals surface area contributed by atoms with E-state index in [4.69, 9.17) is 5.11 Å². The Morgan fingerprint density at radius 1 is 1.53 bits per heavy atom. The van der Waals surface area contributed by atoms with Gasteiger partial charge in [0.2, 0.25) is 0 Å². The fourth-order valence-corrected chi connectivity index (χ4v) is 4.04. The van der Waals surface area contributed by atoms with Crippen molar-refractivity contribution in [1.29, 1.82) is 0 Å². The Morgan fingerprint density at radius 2 is 2.20 bits per heavy atom. The van der Waals surface area contributed by atoms with Crippen LogP contribution >= 0.6 is 23.1 Å². The minimum Gasteiger partial charge on any atom is -0.477 e. The first-order valence-corrected chi connectivity index (χ1v) is 6.74. The van der Waals surface area contributed by atoms with E-state index in [0.29, 0.717) is 10.1 Å². The van der Waals surface area contributed by atoms with Gasteiger partial charge in [-0.05, 0) is 19.8 Å². The lowest BCUT2D eigenvalue weighted by Crippen LogP contribution is -1.99. The molecule has 1 fully saturated rings. The van der Waals surface area contributed by atoms with E-state index in [1.165, 1.54) is 37.0 Å². The van der Waals surface area contributed by atoms with Gasteiger partial charge in [0, 0.05) is 5.25 Å². The van der Waals surface area contributed by atoms with Crippen LogP contribution in [0.1, 0.15) is 40.4 Å². The third-order valence-electron chi connectivity index (χ3n) is 2.48. The molecule has 0 saturated heterocycles. The van der Waals surface area contributed by atoms with Crippen molar-refractivity contribution in [2.24, 2.45) is 0 Å². The van der Waals surface area contributed by atoms with Crippen LogP contribution in [0, 0.1) is 6.92 Å². The van der Waals surface area contributed by atoms with Crippen LogP contribution in [0.3, 0.4) is 0 Å². The van der Waals surface area contributed by atoms with Crippen LogP contribution in [0.25, 0.3) is 0 Å². The Balaban J connectivity index is 2.15. The smallest absolute Gasteiger partial charge is 0.348 e. The van der Waals surface area contributed by atoms with Crippen LogP contribution in [-0.2, 0) is 0 Å². The number of rotatable bonds is 3. The number of aromatic nitrogens is 1. The molecule has 0 bridgehead atoms. The van der Waals surface area contributed by atoms with E-state index in [-0.39, 0.29) is 0 Å². The Labute approximate surface area is 96.9 Å². The van der Waals surface area contributed by atoms with E-state index in [1.54, 1.807) is 11.8 Å². The third-order valence-corrected chi connectivity index (χ3v) is 4.89. The third kappa shape index (κ3) is 2.52. The molecule has 0 radical (unpaired) electrons. The van der Waals surface area contributed by atoms with Gasteiger partial charge in [-0.3, -0.25) is 0 Å². The van der Waals surface area contributed by atoms with Crippen molar-refractivity contribution < 1.29 is 9.90 Å².